The highest BCUT2D eigenvalue weighted by Crippen LogP contribution is 2.27. The van der Waals surface area contributed by atoms with Crippen LogP contribution in [0.5, 0.6) is 11.8 Å². The van der Waals surface area contributed by atoms with Gasteiger partial charge in [-0.2, -0.15) is 4.98 Å². The summed E-state index contributed by atoms with van der Waals surface area (Å²) in [6.45, 7) is 6.62. The molecule has 0 spiro atoms. The number of H-pyrrole nitrogens is 1. The molecular weight excluding hydrogens is 346 g/mol. The monoisotopic (exact) mass is 375 g/mol. The van der Waals surface area contributed by atoms with E-state index in [4.69, 9.17) is 14.2 Å². The van der Waals surface area contributed by atoms with Gasteiger partial charge >= 0.3 is 0 Å². The molecule has 0 unspecified atom stereocenters. The molecule has 3 rings (SSSR count). The summed E-state index contributed by atoms with van der Waals surface area (Å²) in [5.74, 6) is 0.800. The first kappa shape index (κ1) is 19.5. The fourth-order valence-corrected chi connectivity index (χ4v) is 3.42. The van der Waals surface area contributed by atoms with Crippen molar-refractivity contribution in [2.45, 2.75) is 64.7 Å². The molecule has 2 aromatic rings. The van der Waals surface area contributed by atoms with Crippen molar-refractivity contribution in [1.29, 1.82) is 0 Å². The number of hydrogen-bond donors (Lipinski definition) is 2. The van der Waals surface area contributed by atoms with Gasteiger partial charge < -0.3 is 24.5 Å². The second-order valence-electron chi connectivity index (χ2n) is 7.11. The zero-order valence-corrected chi connectivity index (χ0v) is 16.3. The van der Waals surface area contributed by atoms with Crippen LogP contribution in [0.1, 0.15) is 46.5 Å². The minimum absolute atomic E-state index is 0.0255. The summed E-state index contributed by atoms with van der Waals surface area (Å²) in [7, 11) is 0. The Balaban J connectivity index is 1.46. The van der Waals surface area contributed by atoms with Crippen LogP contribution in [-0.2, 0) is 9.53 Å². The number of imidazole rings is 1. The van der Waals surface area contributed by atoms with E-state index in [1.165, 1.54) is 6.92 Å². The third-order valence-electron chi connectivity index (χ3n) is 4.67. The van der Waals surface area contributed by atoms with Gasteiger partial charge in [0.05, 0.1) is 30.4 Å². The van der Waals surface area contributed by atoms with Crippen LogP contribution < -0.4 is 14.8 Å². The number of aromatic nitrogens is 2. The molecule has 0 saturated heterocycles. The number of nitrogens with zero attached hydrogens (tertiary/aromatic N) is 1. The molecule has 7 nitrogen and oxygen atoms in total. The van der Waals surface area contributed by atoms with Crippen LogP contribution in [0.25, 0.3) is 11.0 Å². The standard InChI is InChI=1S/C20H29N3O4/c1-4-25-17-9-10-18-19(11-17)23-20(22-18)27-16-7-5-15(6-8-16)26-12-13(2)21-14(3)24/h9-11,13,15-16H,4-8,12H2,1-3H3,(H,21,24)(H,22,23)/t13-,15?,16?/m0/s1. The van der Waals surface area contributed by atoms with E-state index < -0.39 is 0 Å². The van der Waals surface area contributed by atoms with Crippen LogP contribution >= 0.6 is 0 Å². The predicted molar refractivity (Wildman–Crippen MR) is 103 cm³/mol. The van der Waals surface area contributed by atoms with Crippen LogP contribution in [-0.4, -0.2) is 47.3 Å². The second kappa shape index (κ2) is 9.08. The van der Waals surface area contributed by atoms with Crippen LogP contribution in [0.2, 0.25) is 0 Å². The molecule has 1 amide bonds. The molecule has 2 N–H and O–H groups in total. The van der Waals surface area contributed by atoms with E-state index in [2.05, 4.69) is 15.3 Å². The summed E-state index contributed by atoms with van der Waals surface area (Å²) in [6.07, 6.45) is 4.13. The summed E-state index contributed by atoms with van der Waals surface area (Å²) in [5.41, 5.74) is 1.79. The average molecular weight is 375 g/mol. The molecule has 1 aromatic heterocycles. The number of hydrogen-bond acceptors (Lipinski definition) is 5. The van der Waals surface area contributed by atoms with E-state index in [1.54, 1.807) is 0 Å². The maximum Gasteiger partial charge on any atom is 0.294 e. The van der Waals surface area contributed by atoms with Gasteiger partial charge in [-0.1, -0.05) is 0 Å². The van der Waals surface area contributed by atoms with Crippen molar-refractivity contribution in [1.82, 2.24) is 15.3 Å². The van der Waals surface area contributed by atoms with Gasteiger partial charge in [0.25, 0.3) is 6.01 Å². The first-order valence-corrected chi connectivity index (χ1v) is 9.71. The van der Waals surface area contributed by atoms with Crippen molar-refractivity contribution in [2.24, 2.45) is 0 Å². The lowest BCUT2D eigenvalue weighted by Gasteiger charge is -2.29. The Morgan fingerprint density at radius 2 is 2.04 bits per heavy atom. The zero-order valence-electron chi connectivity index (χ0n) is 16.3. The quantitative estimate of drug-likeness (QED) is 0.740. The van der Waals surface area contributed by atoms with Crippen molar-refractivity contribution in [3.8, 4) is 11.8 Å². The van der Waals surface area contributed by atoms with E-state index in [1.807, 2.05) is 32.0 Å². The van der Waals surface area contributed by atoms with Gasteiger partial charge in [0.2, 0.25) is 5.91 Å². The number of rotatable bonds is 8. The molecule has 148 valence electrons. The van der Waals surface area contributed by atoms with E-state index >= 15 is 0 Å². The van der Waals surface area contributed by atoms with Crippen LogP contribution in [0.4, 0.5) is 0 Å². The van der Waals surface area contributed by atoms with Gasteiger partial charge in [0.1, 0.15) is 11.9 Å². The number of amides is 1. The highest BCUT2D eigenvalue weighted by molar-refractivity contribution is 5.77. The lowest BCUT2D eigenvalue weighted by Crippen LogP contribution is -2.36. The van der Waals surface area contributed by atoms with Crippen LogP contribution in [0, 0.1) is 0 Å². The smallest absolute Gasteiger partial charge is 0.294 e. The number of aromatic amines is 1. The van der Waals surface area contributed by atoms with Crippen molar-refractivity contribution >= 4 is 16.9 Å². The number of fused-ring (bicyclic) bond motifs is 1. The van der Waals surface area contributed by atoms with Crippen molar-refractivity contribution in [2.75, 3.05) is 13.2 Å². The van der Waals surface area contributed by atoms with Gasteiger partial charge in [-0.3, -0.25) is 4.79 Å². The molecule has 1 atom stereocenters. The van der Waals surface area contributed by atoms with Gasteiger partial charge in [-0.25, -0.2) is 0 Å². The first-order valence-electron chi connectivity index (χ1n) is 9.71. The van der Waals surface area contributed by atoms with E-state index in [9.17, 15) is 4.79 Å². The Morgan fingerprint density at radius 3 is 2.74 bits per heavy atom. The molecule has 27 heavy (non-hydrogen) atoms. The molecule has 1 fully saturated rings. The molecule has 0 aliphatic heterocycles. The topological polar surface area (TPSA) is 85.5 Å². The third kappa shape index (κ3) is 5.60. The second-order valence-corrected chi connectivity index (χ2v) is 7.11. The number of carbonyl (C=O) groups is 1. The molecule has 1 aliphatic carbocycles. The van der Waals surface area contributed by atoms with E-state index in [-0.39, 0.29) is 24.2 Å². The third-order valence-corrected chi connectivity index (χ3v) is 4.67. The van der Waals surface area contributed by atoms with Crippen LogP contribution in [0.3, 0.4) is 0 Å². The lowest BCUT2D eigenvalue weighted by molar-refractivity contribution is -0.120. The fraction of sp³-hybridized carbons (Fsp3) is 0.600. The zero-order chi connectivity index (χ0) is 19.2. The Morgan fingerprint density at radius 1 is 1.30 bits per heavy atom. The minimum Gasteiger partial charge on any atom is -0.494 e. The largest absolute Gasteiger partial charge is 0.494 e. The van der Waals surface area contributed by atoms with Gasteiger partial charge in [-0.05, 0) is 51.7 Å². The SMILES string of the molecule is CCOc1ccc2nc(OC3CCC(OC[C@H](C)NC(C)=O)CC3)[nH]c2c1. The molecule has 0 bridgehead atoms. The summed E-state index contributed by atoms with van der Waals surface area (Å²) >= 11 is 0. The number of carbonyl (C=O) groups excluding carboxylic acids is 1. The highest BCUT2D eigenvalue weighted by atomic mass is 16.5. The average Bonchev–Trinajstić information content (AvgIpc) is 3.02. The predicted octanol–water partition coefficient (Wildman–Crippen LogP) is 3.19. The van der Waals surface area contributed by atoms with Gasteiger partial charge in [0, 0.05) is 19.0 Å². The van der Waals surface area contributed by atoms with Gasteiger partial charge in [0.15, 0.2) is 0 Å². The Labute approximate surface area is 159 Å². The van der Waals surface area contributed by atoms with Crippen LogP contribution in [0.15, 0.2) is 18.2 Å². The van der Waals surface area contributed by atoms with Gasteiger partial charge in [-0.15, -0.1) is 0 Å². The molecule has 7 heteroatoms. The normalized spacial score (nSPS) is 21.0. The Hall–Kier alpha value is -2.28. The molecular formula is C20H29N3O4. The maximum atomic E-state index is 11.0. The maximum absolute atomic E-state index is 11.0. The van der Waals surface area contributed by atoms with E-state index in [0.717, 1.165) is 42.5 Å². The summed E-state index contributed by atoms with van der Waals surface area (Å²) in [6, 6.07) is 6.39. The van der Waals surface area contributed by atoms with Crippen molar-refractivity contribution in [3.63, 3.8) is 0 Å². The number of ether oxygens (including phenoxy) is 3. The summed E-state index contributed by atoms with van der Waals surface area (Å²) in [5, 5.41) is 2.84. The Bertz CT molecular complexity index is 753. The fourth-order valence-electron chi connectivity index (χ4n) is 3.42. The lowest BCUT2D eigenvalue weighted by atomic mass is 9.95. The summed E-state index contributed by atoms with van der Waals surface area (Å²) < 4.78 is 17.5. The highest BCUT2D eigenvalue weighted by Gasteiger charge is 2.24. The number of nitrogens with one attached hydrogen (secondary N) is 2. The minimum atomic E-state index is -0.0255. The van der Waals surface area contributed by atoms with E-state index in [0.29, 0.717) is 19.2 Å². The Kier molecular flexibility index (Phi) is 6.55. The molecule has 0 radical (unpaired) electrons. The van der Waals surface area contributed by atoms with Crippen molar-refractivity contribution in [3.05, 3.63) is 18.2 Å². The molecule has 1 aliphatic rings. The molecule has 1 saturated carbocycles. The molecule has 1 heterocycles. The summed E-state index contributed by atoms with van der Waals surface area (Å²) in [4.78, 5) is 18.8. The number of benzene rings is 1. The van der Waals surface area contributed by atoms with Crippen molar-refractivity contribution < 1.29 is 19.0 Å². The molecule has 1 aromatic carbocycles. The first-order chi connectivity index (χ1) is 13.0.